The van der Waals surface area contributed by atoms with E-state index in [1.165, 1.54) is 0 Å². The van der Waals surface area contributed by atoms with Gasteiger partial charge in [-0.15, -0.1) is 0 Å². The molecule has 2 aromatic rings. The Bertz CT molecular complexity index is 609. The number of carbonyl (C=O) groups is 1. The molecule has 0 saturated heterocycles. The standard InChI is InChI=1S/C17H16O3/c1-19-15-8-4-2-6-12(15)10-14(18)17-11-13-7-3-5-9-16(13)20-17/h2-9,17H,10-11H2,1H3. The van der Waals surface area contributed by atoms with Gasteiger partial charge in [-0.25, -0.2) is 0 Å². The summed E-state index contributed by atoms with van der Waals surface area (Å²) in [5.41, 5.74) is 2.01. The van der Waals surface area contributed by atoms with E-state index in [2.05, 4.69) is 0 Å². The van der Waals surface area contributed by atoms with Crippen LogP contribution in [-0.4, -0.2) is 19.0 Å². The third-order valence-corrected chi connectivity index (χ3v) is 3.56. The molecule has 1 heterocycles. The monoisotopic (exact) mass is 268 g/mol. The first kappa shape index (κ1) is 12.7. The lowest BCUT2D eigenvalue weighted by molar-refractivity contribution is -0.124. The maximum absolute atomic E-state index is 12.4. The van der Waals surface area contributed by atoms with Gasteiger partial charge in [-0.2, -0.15) is 0 Å². The van der Waals surface area contributed by atoms with E-state index in [1.54, 1.807) is 7.11 Å². The number of Topliss-reactive ketones (excluding diaryl/α,β-unsaturated/α-hetero) is 1. The Morgan fingerprint density at radius 1 is 1.20 bits per heavy atom. The van der Waals surface area contributed by atoms with Crippen LogP contribution < -0.4 is 9.47 Å². The molecule has 3 heteroatoms. The Morgan fingerprint density at radius 3 is 2.75 bits per heavy atom. The minimum Gasteiger partial charge on any atom is -0.496 e. The van der Waals surface area contributed by atoms with Crippen molar-refractivity contribution in [2.24, 2.45) is 0 Å². The Kier molecular flexibility index (Phi) is 3.42. The zero-order valence-electron chi connectivity index (χ0n) is 11.3. The molecule has 102 valence electrons. The summed E-state index contributed by atoms with van der Waals surface area (Å²) < 4.78 is 11.0. The molecule has 0 spiro atoms. The summed E-state index contributed by atoms with van der Waals surface area (Å²) in [6, 6.07) is 15.4. The van der Waals surface area contributed by atoms with Crippen molar-refractivity contribution in [3.05, 3.63) is 59.7 Å². The number of hydrogen-bond donors (Lipinski definition) is 0. The minimum atomic E-state index is -0.377. The number of benzene rings is 2. The number of hydrogen-bond acceptors (Lipinski definition) is 3. The van der Waals surface area contributed by atoms with E-state index in [0.29, 0.717) is 12.8 Å². The number of fused-ring (bicyclic) bond motifs is 1. The normalized spacial score (nSPS) is 16.4. The second-order valence-electron chi connectivity index (χ2n) is 4.87. The van der Waals surface area contributed by atoms with Crippen LogP contribution in [-0.2, 0) is 17.6 Å². The van der Waals surface area contributed by atoms with E-state index >= 15 is 0 Å². The lowest BCUT2D eigenvalue weighted by Gasteiger charge is -2.11. The molecule has 1 atom stereocenters. The molecule has 0 aliphatic carbocycles. The molecule has 20 heavy (non-hydrogen) atoms. The molecule has 0 amide bonds. The molecule has 0 radical (unpaired) electrons. The second-order valence-corrected chi connectivity index (χ2v) is 4.87. The summed E-state index contributed by atoms with van der Waals surface area (Å²) in [7, 11) is 1.62. The van der Waals surface area contributed by atoms with Gasteiger partial charge in [-0.1, -0.05) is 36.4 Å². The van der Waals surface area contributed by atoms with Gasteiger partial charge in [0, 0.05) is 18.4 Å². The molecule has 0 aromatic heterocycles. The van der Waals surface area contributed by atoms with Crippen molar-refractivity contribution in [3.63, 3.8) is 0 Å². The Morgan fingerprint density at radius 2 is 1.95 bits per heavy atom. The predicted octanol–water partition coefficient (Wildman–Crippen LogP) is 2.81. The third kappa shape index (κ3) is 2.39. The average molecular weight is 268 g/mol. The highest BCUT2D eigenvalue weighted by atomic mass is 16.5. The fourth-order valence-corrected chi connectivity index (χ4v) is 2.51. The van der Waals surface area contributed by atoms with Gasteiger partial charge < -0.3 is 9.47 Å². The van der Waals surface area contributed by atoms with Gasteiger partial charge in [0.05, 0.1) is 7.11 Å². The zero-order valence-corrected chi connectivity index (χ0v) is 11.3. The molecule has 2 aromatic carbocycles. The lowest BCUT2D eigenvalue weighted by atomic mass is 10.0. The van der Waals surface area contributed by atoms with E-state index in [9.17, 15) is 4.79 Å². The van der Waals surface area contributed by atoms with Crippen molar-refractivity contribution in [1.29, 1.82) is 0 Å². The maximum atomic E-state index is 12.4. The van der Waals surface area contributed by atoms with Crippen LogP contribution in [0.15, 0.2) is 48.5 Å². The minimum absolute atomic E-state index is 0.0886. The summed E-state index contributed by atoms with van der Waals surface area (Å²) in [6.07, 6.45) is 0.615. The summed E-state index contributed by atoms with van der Waals surface area (Å²) in [4.78, 5) is 12.4. The number of ether oxygens (including phenoxy) is 2. The second kappa shape index (κ2) is 5.37. The fraction of sp³-hybridized carbons (Fsp3) is 0.235. The third-order valence-electron chi connectivity index (χ3n) is 3.56. The topological polar surface area (TPSA) is 35.5 Å². The van der Waals surface area contributed by atoms with Gasteiger partial charge in [0.1, 0.15) is 11.5 Å². The smallest absolute Gasteiger partial charge is 0.178 e. The van der Waals surface area contributed by atoms with Crippen LogP contribution in [0.3, 0.4) is 0 Å². The van der Waals surface area contributed by atoms with Gasteiger partial charge in [0.25, 0.3) is 0 Å². The number of methoxy groups -OCH3 is 1. The van der Waals surface area contributed by atoms with Crippen molar-refractivity contribution < 1.29 is 14.3 Å². The molecule has 1 unspecified atom stereocenters. The molecule has 0 bridgehead atoms. The number of rotatable bonds is 4. The van der Waals surface area contributed by atoms with Crippen LogP contribution in [0.5, 0.6) is 11.5 Å². The highest BCUT2D eigenvalue weighted by Gasteiger charge is 2.28. The van der Waals surface area contributed by atoms with Crippen LogP contribution in [0.4, 0.5) is 0 Å². The van der Waals surface area contributed by atoms with Gasteiger partial charge in [0.15, 0.2) is 11.9 Å². The van der Waals surface area contributed by atoms with E-state index in [4.69, 9.17) is 9.47 Å². The first-order chi connectivity index (χ1) is 9.78. The molecule has 0 N–H and O–H groups in total. The highest BCUT2D eigenvalue weighted by Crippen LogP contribution is 2.29. The average Bonchev–Trinajstić information content (AvgIpc) is 2.92. The fourth-order valence-electron chi connectivity index (χ4n) is 2.51. The first-order valence-corrected chi connectivity index (χ1v) is 6.67. The number of para-hydroxylation sites is 2. The highest BCUT2D eigenvalue weighted by molar-refractivity contribution is 5.87. The first-order valence-electron chi connectivity index (χ1n) is 6.67. The summed E-state index contributed by atoms with van der Waals surface area (Å²) >= 11 is 0. The summed E-state index contributed by atoms with van der Waals surface area (Å²) in [5, 5.41) is 0. The van der Waals surface area contributed by atoms with Crippen LogP contribution >= 0.6 is 0 Å². The van der Waals surface area contributed by atoms with Gasteiger partial charge in [0.2, 0.25) is 0 Å². The van der Waals surface area contributed by atoms with Crippen LogP contribution in [0, 0.1) is 0 Å². The van der Waals surface area contributed by atoms with E-state index in [0.717, 1.165) is 22.6 Å². The van der Waals surface area contributed by atoms with E-state index < -0.39 is 0 Å². The van der Waals surface area contributed by atoms with E-state index in [-0.39, 0.29) is 11.9 Å². The van der Waals surface area contributed by atoms with Crippen molar-refractivity contribution in [1.82, 2.24) is 0 Å². The lowest BCUT2D eigenvalue weighted by Crippen LogP contribution is -2.27. The molecule has 3 nitrogen and oxygen atoms in total. The largest absolute Gasteiger partial charge is 0.496 e. The van der Waals surface area contributed by atoms with Crippen LogP contribution in [0.1, 0.15) is 11.1 Å². The van der Waals surface area contributed by atoms with Crippen molar-refractivity contribution in [3.8, 4) is 11.5 Å². The molecule has 3 rings (SSSR count). The quantitative estimate of drug-likeness (QED) is 0.855. The Balaban J connectivity index is 1.72. The van der Waals surface area contributed by atoms with Crippen molar-refractivity contribution >= 4 is 5.78 Å². The molecular formula is C17H16O3. The Hall–Kier alpha value is -2.29. The maximum Gasteiger partial charge on any atom is 0.178 e. The molecule has 1 aliphatic rings. The summed E-state index contributed by atoms with van der Waals surface area (Å²) in [5.74, 6) is 1.66. The SMILES string of the molecule is COc1ccccc1CC(=O)C1Cc2ccccc2O1. The Labute approximate surface area is 118 Å². The van der Waals surface area contributed by atoms with Crippen molar-refractivity contribution in [2.75, 3.05) is 7.11 Å². The number of carbonyl (C=O) groups excluding carboxylic acids is 1. The van der Waals surface area contributed by atoms with E-state index in [1.807, 2.05) is 48.5 Å². The van der Waals surface area contributed by atoms with Crippen LogP contribution in [0.2, 0.25) is 0 Å². The predicted molar refractivity (Wildman–Crippen MR) is 76.3 cm³/mol. The van der Waals surface area contributed by atoms with Crippen molar-refractivity contribution in [2.45, 2.75) is 18.9 Å². The summed E-state index contributed by atoms with van der Waals surface area (Å²) in [6.45, 7) is 0. The van der Waals surface area contributed by atoms with Gasteiger partial charge in [-0.3, -0.25) is 4.79 Å². The number of ketones is 1. The molecule has 0 saturated carbocycles. The molecule has 0 fully saturated rings. The van der Waals surface area contributed by atoms with Gasteiger partial charge in [-0.05, 0) is 17.7 Å². The molecular weight excluding hydrogens is 252 g/mol. The van der Waals surface area contributed by atoms with Gasteiger partial charge >= 0.3 is 0 Å². The van der Waals surface area contributed by atoms with Crippen LogP contribution in [0.25, 0.3) is 0 Å². The zero-order chi connectivity index (χ0) is 13.9. The molecule has 1 aliphatic heterocycles.